The smallest absolute Gasteiger partial charge is 0.251 e. The van der Waals surface area contributed by atoms with E-state index < -0.39 is 11.5 Å². The lowest BCUT2D eigenvalue weighted by atomic mass is 9.86. The van der Waals surface area contributed by atoms with E-state index in [2.05, 4.69) is 4.98 Å². The first-order valence-corrected chi connectivity index (χ1v) is 11.3. The van der Waals surface area contributed by atoms with Crippen molar-refractivity contribution in [3.05, 3.63) is 54.4 Å². The van der Waals surface area contributed by atoms with Crippen LogP contribution in [0.1, 0.15) is 44.1 Å². The van der Waals surface area contributed by atoms with Crippen LogP contribution in [0.3, 0.4) is 0 Å². The molecule has 2 aromatic rings. The van der Waals surface area contributed by atoms with E-state index in [0.717, 1.165) is 29.5 Å². The third-order valence-electron chi connectivity index (χ3n) is 6.61. The highest BCUT2D eigenvalue weighted by molar-refractivity contribution is 5.86. The van der Waals surface area contributed by atoms with Crippen molar-refractivity contribution in [2.24, 2.45) is 11.7 Å². The van der Waals surface area contributed by atoms with Gasteiger partial charge in [0.15, 0.2) is 5.60 Å². The second kappa shape index (κ2) is 9.60. The maximum atomic E-state index is 13.0. The molecule has 6 heteroatoms. The predicted molar refractivity (Wildman–Crippen MR) is 119 cm³/mol. The molecule has 0 bridgehead atoms. The molecule has 1 aromatic heterocycles. The molecule has 1 aliphatic carbocycles. The monoisotopic (exact) mass is 421 g/mol. The number of amides is 2. The fraction of sp³-hybridized carbons (Fsp3) is 0.480. The highest BCUT2D eigenvalue weighted by Crippen LogP contribution is 2.30. The molecular formula is C25H31N3O3. The molecule has 2 amide bonds. The molecule has 2 heterocycles. The molecule has 164 valence electrons. The van der Waals surface area contributed by atoms with Crippen LogP contribution < -0.4 is 5.73 Å². The largest absolute Gasteiger partial charge is 0.367 e. The van der Waals surface area contributed by atoms with Crippen LogP contribution in [-0.2, 0) is 20.7 Å². The molecule has 1 aromatic carbocycles. The van der Waals surface area contributed by atoms with Gasteiger partial charge in [-0.1, -0.05) is 43.5 Å². The first-order valence-electron chi connectivity index (χ1n) is 11.3. The fourth-order valence-corrected chi connectivity index (χ4v) is 4.84. The van der Waals surface area contributed by atoms with Crippen molar-refractivity contribution in [1.29, 1.82) is 0 Å². The fourth-order valence-electron chi connectivity index (χ4n) is 4.84. The number of hydrogen-bond acceptors (Lipinski definition) is 4. The number of primary amides is 1. The Kier molecular flexibility index (Phi) is 6.66. The normalized spacial score (nSPS) is 22.3. The first-order chi connectivity index (χ1) is 15.1. The van der Waals surface area contributed by atoms with E-state index in [1.54, 1.807) is 17.3 Å². The highest BCUT2D eigenvalue weighted by atomic mass is 16.5. The number of hydrogen-bond donors (Lipinski definition) is 1. The van der Waals surface area contributed by atoms with Gasteiger partial charge in [-0.3, -0.25) is 14.6 Å². The lowest BCUT2D eigenvalue weighted by Gasteiger charge is -2.41. The van der Waals surface area contributed by atoms with E-state index in [9.17, 15) is 9.59 Å². The van der Waals surface area contributed by atoms with E-state index in [0.29, 0.717) is 31.9 Å². The van der Waals surface area contributed by atoms with Gasteiger partial charge < -0.3 is 15.4 Å². The Hall–Kier alpha value is -2.73. The molecular weight excluding hydrogens is 390 g/mol. The third-order valence-corrected chi connectivity index (χ3v) is 6.61. The predicted octanol–water partition coefficient (Wildman–Crippen LogP) is 3.34. The number of ether oxygens (including phenoxy) is 1. The molecule has 1 saturated carbocycles. The summed E-state index contributed by atoms with van der Waals surface area (Å²) in [6, 6.07) is 11.9. The van der Waals surface area contributed by atoms with Gasteiger partial charge in [0.05, 0.1) is 13.2 Å². The number of benzene rings is 1. The van der Waals surface area contributed by atoms with Crippen molar-refractivity contribution in [3.8, 4) is 11.1 Å². The summed E-state index contributed by atoms with van der Waals surface area (Å²) in [6.45, 7) is 1.05. The lowest BCUT2D eigenvalue weighted by Crippen LogP contribution is -2.61. The lowest BCUT2D eigenvalue weighted by molar-refractivity contribution is -0.164. The molecule has 4 rings (SSSR count). The minimum Gasteiger partial charge on any atom is -0.367 e. The number of nitrogens with zero attached hydrogens (tertiary/aromatic N) is 2. The van der Waals surface area contributed by atoms with Crippen LogP contribution in [0.25, 0.3) is 11.1 Å². The second-order valence-electron chi connectivity index (χ2n) is 8.84. The van der Waals surface area contributed by atoms with Gasteiger partial charge in [-0.25, -0.2) is 0 Å². The minimum absolute atomic E-state index is 0.117. The van der Waals surface area contributed by atoms with Crippen LogP contribution in [0, 0.1) is 5.92 Å². The quantitative estimate of drug-likeness (QED) is 0.775. The molecule has 0 radical (unpaired) electrons. The minimum atomic E-state index is -1.20. The molecule has 1 atom stereocenters. The maximum absolute atomic E-state index is 13.0. The molecule has 6 nitrogen and oxygen atoms in total. The van der Waals surface area contributed by atoms with E-state index in [1.807, 2.05) is 36.4 Å². The van der Waals surface area contributed by atoms with Crippen LogP contribution in [0.15, 0.2) is 48.8 Å². The van der Waals surface area contributed by atoms with E-state index >= 15 is 0 Å². The van der Waals surface area contributed by atoms with Crippen molar-refractivity contribution in [2.75, 3.05) is 19.7 Å². The van der Waals surface area contributed by atoms with Crippen LogP contribution in [-0.4, -0.2) is 47.0 Å². The Morgan fingerprint density at radius 3 is 2.61 bits per heavy atom. The molecule has 0 spiro atoms. The number of aromatic nitrogens is 1. The standard InChI is InChI=1S/C25H31N3O3/c26-24(30)25(17-20-7-4-8-22(15-20)21-9-11-27-12-10-21)18-28(13-14-31-25)23(29)16-19-5-2-1-3-6-19/h4,7-12,15,19H,1-3,5-6,13-14,16-18H2,(H2,26,30)/t25-/m0/s1. The third kappa shape index (κ3) is 5.13. The SMILES string of the molecule is NC(=O)[C@]1(Cc2cccc(-c3ccncc3)c2)CN(C(=O)CC2CCCCC2)CCO1. The summed E-state index contributed by atoms with van der Waals surface area (Å²) in [5, 5.41) is 0. The Morgan fingerprint density at radius 1 is 1.10 bits per heavy atom. The zero-order valence-corrected chi connectivity index (χ0v) is 18.0. The maximum Gasteiger partial charge on any atom is 0.251 e. The molecule has 2 aliphatic rings. The van der Waals surface area contributed by atoms with Crippen molar-refractivity contribution >= 4 is 11.8 Å². The average molecular weight is 422 g/mol. The van der Waals surface area contributed by atoms with Crippen LogP contribution in [0.4, 0.5) is 0 Å². The summed E-state index contributed by atoms with van der Waals surface area (Å²) in [4.78, 5) is 31.4. The highest BCUT2D eigenvalue weighted by Gasteiger charge is 2.44. The van der Waals surface area contributed by atoms with Gasteiger partial charge >= 0.3 is 0 Å². The Labute approximate surface area is 183 Å². The Balaban J connectivity index is 1.49. The summed E-state index contributed by atoms with van der Waals surface area (Å²) in [6.07, 6.45) is 10.4. The molecule has 31 heavy (non-hydrogen) atoms. The summed E-state index contributed by atoms with van der Waals surface area (Å²) in [5.41, 5.74) is 7.69. The summed E-state index contributed by atoms with van der Waals surface area (Å²) >= 11 is 0. The van der Waals surface area contributed by atoms with Gasteiger partial charge in [0, 0.05) is 31.8 Å². The van der Waals surface area contributed by atoms with Crippen LogP contribution in [0.2, 0.25) is 0 Å². The number of nitrogens with two attached hydrogens (primary N) is 1. The molecule has 1 aliphatic heterocycles. The zero-order chi connectivity index (χ0) is 21.7. The van der Waals surface area contributed by atoms with E-state index in [-0.39, 0.29) is 12.5 Å². The van der Waals surface area contributed by atoms with E-state index in [4.69, 9.17) is 10.5 Å². The summed E-state index contributed by atoms with van der Waals surface area (Å²) in [5.74, 6) is 0.0625. The van der Waals surface area contributed by atoms with E-state index in [1.165, 1.54) is 19.3 Å². The number of morpholine rings is 1. The molecule has 2 N–H and O–H groups in total. The Bertz CT molecular complexity index is 911. The number of rotatable bonds is 6. The zero-order valence-electron chi connectivity index (χ0n) is 18.0. The average Bonchev–Trinajstić information content (AvgIpc) is 2.80. The van der Waals surface area contributed by atoms with Crippen molar-refractivity contribution in [1.82, 2.24) is 9.88 Å². The van der Waals surface area contributed by atoms with Crippen LogP contribution >= 0.6 is 0 Å². The van der Waals surface area contributed by atoms with Crippen molar-refractivity contribution < 1.29 is 14.3 Å². The van der Waals surface area contributed by atoms with Gasteiger partial charge in [0.2, 0.25) is 5.91 Å². The van der Waals surface area contributed by atoms with Crippen molar-refractivity contribution in [2.45, 2.75) is 50.5 Å². The summed E-state index contributed by atoms with van der Waals surface area (Å²) < 4.78 is 5.97. The van der Waals surface area contributed by atoms with Gasteiger partial charge in [-0.05, 0) is 47.6 Å². The first kappa shape index (κ1) is 21.5. The Morgan fingerprint density at radius 2 is 1.87 bits per heavy atom. The van der Waals surface area contributed by atoms with Gasteiger partial charge in [0.25, 0.3) is 5.91 Å². The second-order valence-corrected chi connectivity index (χ2v) is 8.84. The molecule has 2 fully saturated rings. The van der Waals surface area contributed by atoms with Crippen molar-refractivity contribution in [3.63, 3.8) is 0 Å². The molecule has 0 unspecified atom stereocenters. The summed E-state index contributed by atoms with van der Waals surface area (Å²) in [7, 11) is 0. The van der Waals surface area contributed by atoms with Crippen LogP contribution in [0.5, 0.6) is 0 Å². The van der Waals surface area contributed by atoms with Gasteiger partial charge in [0.1, 0.15) is 0 Å². The number of carbonyl (C=O) groups is 2. The molecule has 1 saturated heterocycles. The van der Waals surface area contributed by atoms with Gasteiger partial charge in [-0.15, -0.1) is 0 Å². The topological polar surface area (TPSA) is 85.5 Å². The number of pyridine rings is 1. The van der Waals surface area contributed by atoms with Gasteiger partial charge in [-0.2, -0.15) is 0 Å². The number of carbonyl (C=O) groups excluding carboxylic acids is 2.